The van der Waals surface area contributed by atoms with E-state index in [9.17, 15) is 43.5 Å². The van der Waals surface area contributed by atoms with Gasteiger partial charge in [0.25, 0.3) is 0 Å². The SMILES string of the molecule is C=C/C=C(\C=C)CC(NC(=O)C(C)C(OC)C1CCCN1C=O)C(=O)O.CC.CCC.CCCCSC1CC(=O)N(CCCCCC(=O)N(C)C(C(=O)NCC(=O)N(C)C(C(C)CC)C(CC)OC)C(C)C)C1=O. The van der Waals surface area contributed by atoms with Crippen molar-refractivity contribution in [3.63, 3.8) is 0 Å². The number of carboxylic acids is 1. The summed E-state index contributed by atoms with van der Waals surface area (Å²) in [5.41, 5.74) is 0.659. The van der Waals surface area contributed by atoms with Crippen molar-refractivity contribution in [1.82, 2.24) is 30.2 Å². The first-order valence-corrected chi connectivity index (χ1v) is 28.2. The minimum absolute atomic E-state index is 0.0864. The van der Waals surface area contributed by atoms with Crippen LogP contribution in [0.1, 0.15) is 160 Å². The first-order valence-electron chi connectivity index (χ1n) is 27.1. The van der Waals surface area contributed by atoms with E-state index < -0.39 is 36.0 Å². The van der Waals surface area contributed by atoms with Crippen LogP contribution in [0.2, 0.25) is 0 Å². The lowest BCUT2D eigenvalue weighted by atomic mass is 9.91. The van der Waals surface area contributed by atoms with Crippen molar-refractivity contribution >= 4 is 59.6 Å². The molecule has 2 fully saturated rings. The highest BCUT2D eigenvalue weighted by Crippen LogP contribution is 2.28. The number of carboxylic acid groups (broad SMARTS) is 1. The lowest BCUT2D eigenvalue weighted by Crippen LogP contribution is -2.54. The molecular formula is C56H100N6O11S. The number of nitrogens with zero attached hydrogens (tertiary/aromatic N) is 4. The number of aliphatic carboxylic acids is 1. The Hall–Kier alpha value is -4.55. The molecule has 0 spiro atoms. The summed E-state index contributed by atoms with van der Waals surface area (Å²) in [5.74, 6) is -2.11. The van der Waals surface area contributed by atoms with Gasteiger partial charge in [-0.15, -0.1) is 11.8 Å². The molecule has 17 nitrogen and oxygen atoms in total. The quantitative estimate of drug-likeness (QED) is 0.0253. The average molecular weight is 1070 g/mol. The van der Waals surface area contributed by atoms with Gasteiger partial charge in [0, 0.05) is 60.7 Å². The summed E-state index contributed by atoms with van der Waals surface area (Å²) < 4.78 is 11.1. The zero-order chi connectivity index (χ0) is 57.1. The fourth-order valence-corrected chi connectivity index (χ4v) is 10.2. The molecule has 0 aromatic heterocycles. The Bertz CT molecular complexity index is 1740. The molecule has 2 rings (SSSR count). The van der Waals surface area contributed by atoms with Crippen LogP contribution in [-0.2, 0) is 47.8 Å². The van der Waals surface area contributed by atoms with E-state index in [0.717, 1.165) is 50.7 Å². The Morgan fingerprint density at radius 1 is 0.892 bits per heavy atom. The molecule has 2 heterocycles. The van der Waals surface area contributed by atoms with Gasteiger partial charge in [-0.3, -0.25) is 38.5 Å². The third-order valence-electron chi connectivity index (χ3n) is 13.3. The van der Waals surface area contributed by atoms with Crippen molar-refractivity contribution in [2.45, 2.75) is 201 Å². The molecule has 2 aliphatic rings. The Morgan fingerprint density at radius 2 is 1.53 bits per heavy atom. The monoisotopic (exact) mass is 1060 g/mol. The topological polar surface area (TPSA) is 212 Å². The number of unbranched alkanes of at least 4 members (excludes halogenated alkanes) is 3. The Kier molecular flexibility index (Phi) is 39.4. The number of ether oxygens (including phenoxy) is 2. The number of hydrogen-bond acceptors (Lipinski definition) is 11. The number of likely N-dealkylation sites (N-methyl/N-ethyl adjacent to an activating group) is 2. The zero-order valence-electron chi connectivity index (χ0n) is 48.2. The van der Waals surface area contributed by atoms with Crippen LogP contribution in [-0.4, -0.2) is 168 Å². The molecule has 2 saturated heterocycles. The zero-order valence-corrected chi connectivity index (χ0v) is 49.1. The van der Waals surface area contributed by atoms with Crippen LogP contribution in [0.3, 0.4) is 0 Å². The average Bonchev–Trinajstić information content (AvgIpc) is 3.96. The molecule has 74 heavy (non-hydrogen) atoms. The van der Waals surface area contributed by atoms with Crippen LogP contribution in [0.5, 0.6) is 0 Å². The number of imide groups is 1. The fourth-order valence-electron chi connectivity index (χ4n) is 8.96. The predicted octanol–water partition coefficient (Wildman–Crippen LogP) is 8.06. The molecule has 0 aliphatic carbocycles. The molecule has 9 unspecified atom stereocenters. The lowest BCUT2D eigenvalue weighted by molar-refractivity contribution is -0.144. The van der Waals surface area contributed by atoms with E-state index in [4.69, 9.17) is 9.47 Å². The van der Waals surface area contributed by atoms with Gasteiger partial charge in [0.05, 0.1) is 42.0 Å². The molecular weight excluding hydrogens is 965 g/mol. The first-order chi connectivity index (χ1) is 35.2. The van der Waals surface area contributed by atoms with Gasteiger partial charge in [0.15, 0.2) is 0 Å². The molecule has 9 atom stereocenters. The van der Waals surface area contributed by atoms with E-state index in [2.05, 4.69) is 58.4 Å². The lowest BCUT2D eigenvalue weighted by Gasteiger charge is -2.37. The smallest absolute Gasteiger partial charge is 0.326 e. The number of carbonyl (C=O) groups excluding carboxylic acids is 7. The number of likely N-dealkylation sites (tertiary alicyclic amines) is 2. The highest BCUT2D eigenvalue weighted by Gasteiger charge is 2.40. The Labute approximate surface area is 450 Å². The molecule has 0 radical (unpaired) electrons. The van der Waals surface area contributed by atoms with E-state index in [1.54, 1.807) is 55.8 Å². The molecule has 3 N–H and O–H groups in total. The normalized spacial score (nSPS) is 18.1. The molecule has 18 heteroatoms. The van der Waals surface area contributed by atoms with Crippen LogP contribution >= 0.6 is 11.8 Å². The number of thioether (sulfide) groups is 1. The maximum atomic E-state index is 13.2. The molecule has 426 valence electrons. The van der Waals surface area contributed by atoms with Crippen LogP contribution in [0.25, 0.3) is 0 Å². The number of nitrogens with one attached hydrogen (secondary N) is 2. The van der Waals surface area contributed by atoms with E-state index in [1.807, 2.05) is 34.6 Å². The van der Waals surface area contributed by atoms with Crippen LogP contribution in [0.15, 0.2) is 37.0 Å². The van der Waals surface area contributed by atoms with Gasteiger partial charge in [-0.2, -0.15) is 0 Å². The second-order valence-electron chi connectivity index (χ2n) is 19.1. The van der Waals surface area contributed by atoms with Gasteiger partial charge in [0.2, 0.25) is 41.9 Å². The van der Waals surface area contributed by atoms with Gasteiger partial charge in [-0.05, 0) is 61.7 Å². The van der Waals surface area contributed by atoms with Crippen molar-refractivity contribution in [2.75, 3.05) is 53.7 Å². The number of hydrogen-bond donors (Lipinski definition) is 3. The fraction of sp³-hybridized carbons (Fsp3) is 0.750. The number of amides is 7. The second-order valence-corrected chi connectivity index (χ2v) is 20.4. The van der Waals surface area contributed by atoms with Gasteiger partial charge in [-0.25, -0.2) is 4.79 Å². The highest BCUT2D eigenvalue weighted by atomic mass is 32.2. The van der Waals surface area contributed by atoms with E-state index in [1.165, 1.54) is 35.5 Å². The molecule has 7 amide bonds. The molecule has 0 saturated carbocycles. The third kappa shape index (κ3) is 24.4. The summed E-state index contributed by atoms with van der Waals surface area (Å²) in [6.45, 7) is 30.1. The summed E-state index contributed by atoms with van der Waals surface area (Å²) in [5, 5.41) is 14.5. The van der Waals surface area contributed by atoms with Crippen molar-refractivity contribution in [1.29, 1.82) is 0 Å². The minimum atomic E-state index is -1.13. The maximum absolute atomic E-state index is 13.2. The Morgan fingerprint density at radius 3 is 2.03 bits per heavy atom. The number of allylic oxidation sites excluding steroid dienone is 3. The first kappa shape index (κ1) is 71.5. The number of methoxy groups -OCH3 is 2. The van der Waals surface area contributed by atoms with Crippen molar-refractivity contribution in [3.05, 3.63) is 37.0 Å². The molecule has 0 bridgehead atoms. The standard InChI is InChI=1S/C32H58N4O6S.C19H28N2O5.C3H8.C2H6/c1-10-13-19-43-25-20-27(38)36(32(25)41)18-16-14-15-17-26(37)34(7)29(22(4)5)31(40)33-21-28(39)35(8)30(23(6)11-2)24(12-3)42-9;1-5-8-14(6-2)11-15(19(24)25)20-18(23)13(3)17(26-4)16-9-7-10-21(16)12-22;1-3-2;1-2/h22-25,29-30H,10-21H2,1-9H3,(H,33,40);5-6,8,12-13,15-17H,1-2,7,9-11H2,3-4H3,(H,20,23)(H,24,25);3H2,1-2H3;1-2H3/b;14-8+;;. The third-order valence-corrected chi connectivity index (χ3v) is 14.5. The van der Waals surface area contributed by atoms with Crippen LogP contribution in [0, 0.1) is 17.8 Å². The summed E-state index contributed by atoms with van der Waals surface area (Å²) in [6, 6.07) is -2.09. The summed E-state index contributed by atoms with van der Waals surface area (Å²) >= 11 is 1.57. The number of carbonyl (C=O) groups is 8. The van der Waals surface area contributed by atoms with E-state index in [0.29, 0.717) is 37.9 Å². The van der Waals surface area contributed by atoms with Crippen molar-refractivity contribution in [2.24, 2.45) is 17.8 Å². The summed E-state index contributed by atoms with van der Waals surface area (Å²) in [4.78, 5) is 106. The molecule has 2 aliphatic heterocycles. The van der Waals surface area contributed by atoms with E-state index in [-0.39, 0.29) is 90.6 Å². The van der Waals surface area contributed by atoms with Gasteiger partial charge < -0.3 is 39.9 Å². The van der Waals surface area contributed by atoms with Crippen molar-refractivity contribution in [3.8, 4) is 0 Å². The number of rotatable bonds is 32. The van der Waals surface area contributed by atoms with E-state index >= 15 is 0 Å². The van der Waals surface area contributed by atoms with Gasteiger partial charge >= 0.3 is 5.97 Å². The van der Waals surface area contributed by atoms with Gasteiger partial charge in [-0.1, -0.05) is 133 Å². The largest absolute Gasteiger partial charge is 0.480 e. The van der Waals surface area contributed by atoms with Crippen LogP contribution in [0.4, 0.5) is 0 Å². The predicted molar refractivity (Wildman–Crippen MR) is 298 cm³/mol. The Balaban J connectivity index is 0. The molecule has 0 aromatic rings. The van der Waals surface area contributed by atoms with Gasteiger partial charge in [0.1, 0.15) is 12.1 Å². The van der Waals surface area contributed by atoms with Crippen molar-refractivity contribution < 1.29 is 52.9 Å². The summed E-state index contributed by atoms with van der Waals surface area (Å²) in [7, 11) is 6.53. The minimum Gasteiger partial charge on any atom is -0.480 e. The summed E-state index contributed by atoms with van der Waals surface area (Å²) in [6.07, 6.45) is 14.1. The second kappa shape index (κ2) is 40.7. The van der Waals surface area contributed by atoms with Crippen LogP contribution < -0.4 is 10.6 Å². The highest BCUT2D eigenvalue weighted by molar-refractivity contribution is 8.00. The molecule has 0 aromatic carbocycles. The maximum Gasteiger partial charge on any atom is 0.326 e.